The van der Waals surface area contributed by atoms with Crippen LogP contribution in [-0.4, -0.2) is 16.2 Å². The van der Waals surface area contributed by atoms with Gasteiger partial charge in [-0.25, -0.2) is 0 Å². The first-order chi connectivity index (χ1) is 6.75. The minimum Gasteiger partial charge on any atom is -0.382 e. The van der Waals surface area contributed by atoms with Crippen LogP contribution in [0, 0.1) is 5.92 Å². The van der Waals surface area contributed by atoms with Gasteiger partial charge in [0.05, 0.1) is 0 Å². The topological polar surface area (TPSA) is 63.8 Å². The number of aromatic nitrogens is 2. The summed E-state index contributed by atoms with van der Waals surface area (Å²) in [5.41, 5.74) is 5.45. The molecule has 4 nitrogen and oxygen atoms in total. The molecule has 1 aliphatic rings. The highest BCUT2D eigenvalue weighted by molar-refractivity contribution is 5.39. The molecule has 1 aliphatic carbocycles. The number of hydrogen-bond acceptors (Lipinski definition) is 4. The number of nitrogen functional groups attached to an aromatic ring is 1. The van der Waals surface area contributed by atoms with Crippen molar-refractivity contribution >= 4 is 11.6 Å². The van der Waals surface area contributed by atoms with Crippen LogP contribution in [0.1, 0.15) is 26.2 Å². The fraction of sp³-hybridized carbons (Fsp3) is 0.600. The van der Waals surface area contributed by atoms with Crippen molar-refractivity contribution in [3.05, 3.63) is 12.1 Å². The zero-order valence-corrected chi connectivity index (χ0v) is 8.40. The molecule has 0 bridgehead atoms. The Bertz CT molecular complexity index is 291. The third-order valence-electron chi connectivity index (χ3n) is 2.92. The predicted octanol–water partition coefficient (Wildman–Crippen LogP) is 1.66. The van der Waals surface area contributed by atoms with Crippen LogP contribution in [0.4, 0.5) is 11.6 Å². The van der Waals surface area contributed by atoms with Gasteiger partial charge in [0.2, 0.25) is 0 Å². The molecule has 3 N–H and O–H groups in total. The number of anilines is 2. The molecule has 76 valence electrons. The molecule has 0 radical (unpaired) electrons. The Morgan fingerprint density at radius 3 is 2.71 bits per heavy atom. The van der Waals surface area contributed by atoms with Crippen LogP contribution in [0.3, 0.4) is 0 Å². The number of nitrogens with one attached hydrogen (secondary N) is 1. The molecule has 0 aromatic carbocycles. The highest BCUT2D eigenvalue weighted by Gasteiger charge is 2.23. The molecule has 1 saturated carbocycles. The molecule has 4 heteroatoms. The summed E-state index contributed by atoms with van der Waals surface area (Å²) in [6.07, 6.45) is 4.03. The average Bonchev–Trinajstić information content (AvgIpc) is 2.06. The molecular weight excluding hydrogens is 176 g/mol. The minimum absolute atomic E-state index is 0.465. The normalized spacial score (nSPS) is 18.6. The van der Waals surface area contributed by atoms with E-state index in [-0.39, 0.29) is 0 Å². The maximum absolute atomic E-state index is 5.45. The largest absolute Gasteiger partial charge is 0.382 e. The molecule has 0 amide bonds. The molecule has 0 spiro atoms. The van der Waals surface area contributed by atoms with Crippen LogP contribution in [0.15, 0.2) is 12.1 Å². The maximum atomic E-state index is 5.45. The van der Waals surface area contributed by atoms with Crippen molar-refractivity contribution in [1.82, 2.24) is 10.2 Å². The van der Waals surface area contributed by atoms with Crippen LogP contribution in [0.2, 0.25) is 0 Å². The summed E-state index contributed by atoms with van der Waals surface area (Å²) in [7, 11) is 0. The van der Waals surface area contributed by atoms with Crippen molar-refractivity contribution in [2.75, 3.05) is 11.1 Å². The lowest BCUT2D eigenvalue weighted by molar-refractivity contribution is 0.285. The SMILES string of the molecule is CC(Nc1ccc(N)nn1)C1CCC1. The van der Waals surface area contributed by atoms with Gasteiger partial charge in [-0.05, 0) is 37.8 Å². The molecule has 1 unspecified atom stereocenters. The van der Waals surface area contributed by atoms with Crippen LogP contribution in [0.25, 0.3) is 0 Å². The number of hydrogen-bond donors (Lipinski definition) is 2. The summed E-state index contributed by atoms with van der Waals surface area (Å²) in [6.45, 7) is 2.20. The van der Waals surface area contributed by atoms with E-state index in [9.17, 15) is 0 Å². The van der Waals surface area contributed by atoms with E-state index < -0.39 is 0 Å². The Balaban J connectivity index is 1.92. The summed E-state index contributed by atoms with van der Waals surface area (Å²) in [6, 6.07) is 4.13. The van der Waals surface area contributed by atoms with Crippen molar-refractivity contribution in [3.8, 4) is 0 Å². The second kappa shape index (κ2) is 3.82. The summed E-state index contributed by atoms with van der Waals surface area (Å²) < 4.78 is 0. The monoisotopic (exact) mass is 192 g/mol. The molecule has 1 heterocycles. The van der Waals surface area contributed by atoms with Gasteiger partial charge in [-0.3, -0.25) is 0 Å². The lowest BCUT2D eigenvalue weighted by Gasteiger charge is -2.32. The fourth-order valence-corrected chi connectivity index (χ4v) is 1.71. The maximum Gasteiger partial charge on any atom is 0.149 e. The van der Waals surface area contributed by atoms with E-state index in [0.717, 1.165) is 11.7 Å². The zero-order chi connectivity index (χ0) is 9.97. The first-order valence-corrected chi connectivity index (χ1v) is 5.11. The summed E-state index contributed by atoms with van der Waals surface area (Å²) >= 11 is 0. The summed E-state index contributed by atoms with van der Waals surface area (Å²) in [4.78, 5) is 0. The Morgan fingerprint density at radius 1 is 1.43 bits per heavy atom. The molecule has 0 saturated heterocycles. The van der Waals surface area contributed by atoms with Gasteiger partial charge < -0.3 is 11.1 Å². The molecule has 1 aromatic heterocycles. The van der Waals surface area contributed by atoms with E-state index >= 15 is 0 Å². The Hall–Kier alpha value is -1.32. The first kappa shape index (κ1) is 9.24. The molecular formula is C10H16N4. The molecule has 0 aliphatic heterocycles. The van der Waals surface area contributed by atoms with E-state index in [1.165, 1.54) is 19.3 Å². The van der Waals surface area contributed by atoms with Gasteiger partial charge in [-0.1, -0.05) is 6.42 Å². The van der Waals surface area contributed by atoms with E-state index in [4.69, 9.17) is 5.73 Å². The van der Waals surface area contributed by atoms with E-state index in [0.29, 0.717) is 11.9 Å². The number of nitrogens with two attached hydrogens (primary N) is 1. The van der Waals surface area contributed by atoms with Crippen molar-refractivity contribution in [3.63, 3.8) is 0 Å². The molecule has 1 atom stereocenters. The standard InChI is InChI=1S/C10H16N4/c1-7(8-3-2-4-8)12-10-6-5-9(11)13-14-10/h5-8H,2-4H2,1H3,(H2,11,13)(H,12,14). The summed E-state index contributed by atoms with van der Waals surface area (Å²) in [5.74, 6) is 2.08. The van der Waals surface area contributed by atoms with Gasteiger partial charge in [-0.2, -0.15) is 0 Å². The van der Waals surface area contributed by atoms with E-state index in [1.807, 2.05) is 6.07 Å². The second-order valence-corrected chi connectivity index (χ2v) is 3.97. The molecule has 1 aromatic rings. The van der Waals surface area contributed by atoms with Crippen molar-refractivity contribution < 1.29 is 0 Å². The van der Waals surface area contributed by atoms with Crippen LogP contribution >= 0.6 is 0 Å². The lowest BCUT2D eigenvalue weighted by atomic mass is 9.80. The van der Waals surface area contributed by atoms with E-state index in [2.05, 4.69) is 22.4 Å². The number of rotatable bonds is 3. The Kier molecular flexibility index (Phi) is 2.52. The summed E-state index contributed by atoms with van der Waals surface area (Å²) in [5, 5.41) is 11.1. The van der Waals surface area contributed by atoms with Crippen LogP contribution in [-0.2, 0) is 0 Å². The van der Waals surface area contributed by atoms with Gasteiger partial charge in [-0.15, -0.1) is 10.2 Å². The molecule has 2 rings (SSSR count). The van der Waals surface area contributed by atoms with Crippen molar-refractivity contribution in [2.24, 2.45) is 5.92 Å². The third kappa shape index (κ3) is 1.95. The van der Waals surface area contributed by atoms with Gasteiger partial charge in [0.25, 0.3) is 0 Å². The van der Waals surface area contributed by atoms with E-state index in [1.54, 1.807) is 6.07 Å². The molecule has 1 fully saturated rings. The Morgan fingerprint density at radius 2 is 2.21 bits per heavy atom. The van der Waals surface area contributed by atoms with Crippen molar-refractivity contribution in [2.45, 2.75) is 32.2 Å². The van der Waals surface area contributed by atoms with Crippen LogP contribution < -0.4 is 11.1 Å². The third-order valence-corrected chi connectivity index (χ3v) is 2.92. The van der Waals surface area contributed by atoms with Gasteiger partial charge in [0, 0.05) is 6.04 Å². The van der Waals surface area contributed by atoms with Gasteiger partial charge >= 0.3 is 0 Å². The predicted molar refractivity (Wildman–Crippen MR) is 56.9 cm³/mol. The van der Waals surface area contributed by atoms with Gasteiger partial charge in [0.1, 0.15) is 11.6 Å². The lowest BCUT2D eigenvalue weighted by Crippen LogP contribution is -2.31. The highest BCUT2D eigenvalue weighted by Crippen LogP contribution is 2.30. The number of nitrogens with zero attached hydrogens (tertiary/aromatic N) is 2. The second-order valence-electron chi connectivity index (χ2n) is 3.97. The highest BCUT2D eigenvalue weighted by atomic mass is 15.2. The smallest absolute Gasteiger partial charge is 0.149 e. The average molecular weight is 192 g/mol. The van der Waals surface area contributed by atoms with Crippen LogP contribution in [0.5, 0.6) is 0 Å². The minimum atomic E-state index is 0.465. The first-order valence-electron chi connectivity index (χ1n) is 5.11. The quantitative estimate of drug-likeness (QED) is 0.764. The Labute approximate surface area is 83.9 Å². The molecule has 14 heavy (non-hydrogen) atoms. The zero-order valence-electron chi connectivity index (χ0n) is 8.40. The fourth-order valence-electron chi connectivity index (χ4n) is 1.71. The van der Waals surface area contributed by atoms with Gasteiger partial charge in [0.15, 0.2) is 0 Å². The van der Waals surface area contributed by atoms with Crippen molar-refractivity contribution in [1.29, 1.82) is 0 Å².